The van der Waals surface area contributed by atoms with Crippen LogP contribution in [0.15, 0.2) is 42.6 Å². The molecule has 0 radical (unpaired) electrons. The van der Waals surface area contributed by atoms with Crippen LogP contribution in [0.2, 0.25) is 0 Å². The van der Waals surface area contributed by atoms with Gasteiger partial charge in [0.05, 0.1) is 19.0 Å². The minimum absolute atomic E-state index is 0.00337. The third-order valence-corrected chi connectivity index (χ3v) is 5.14. The number of hydrogen-bond donors (Lipinski definition) is 1. The molecule has 1 aliphatic heterocycles. The van der Waals surface area contributed by atoms with E-state index < -0.39 is 0 Å². The molecule has 4 rings (SSSR count). The summed E-state index contributed by atoms with van der Waals surface area (Å²) in [7, 11) is 1.67. The fourth-order valence-corrected chi connectivity index (χ4v) is 3.64. The summed E-state index contributed by atoms with van der Waals surface area (Å²) in [5.74, 6) is 1.75. The molecule has 2 atom stereocenters. The highest BCUT2D eigenvalue weighted by molar-refractivity contribution is 5.94. The van der Waals surface area contributed by atoms with E-state index in [0.717, 1.165) is 36.5 Å². The van der Waals surface area contributed by atoms with Gasteiger partial charge in [-0.2, -0.15) is 0 Å². The lowest BCUT2D eigenvalue weighted by atomic mass is 10.1. The highest BCUT2D eigenvalue weighted by Crippen LogP contribution is 2.50. The number of aromatic nitrogens is 1. The molecule has 0 bridgehead atoms. The van der Waals surface area contributed by atoms with E-state index in [4.69, 9.17) is 4.74 Å². The molecule has 2 fully saturated rings. The molecule has 5 nitrogen and oxygen atoms in total. The van der Waals surface area contributed by atoms with Gasteiger partial charge in [-0.05, 0) is 48.9 Å². The summed E-state index contributed by atoms with van der Waals surface area (Å²) in [6, 6.07) is 11.9. The molecule has 130 valence electrons. The Morgan fingerprint density at radius 2 is 2.00 bits per heavy atom. The molecule has 2 aliphatic rings. The second kappa shape index (κ2) is 6.75. The monoisotopic (exact) mass is 337 g/mol. The van der Waals surface area contributed by atoms with Crippen molar-refractivity contribution in [2.75, 3.05) is 30.4 Å². The second-order valence-electron chi connectivity index (χ2n) is 6.78. The van der Waals surface area contributed by atoms with Crippen molar-refractivity contribution in [3.8, 4) is 5.75 Å². The Labute approximate surface area is 148 Å². The molecule has 5 heteroatoms. The van der Waals surface area contributed by atoms with E-state index in [-0.39, 0.29) is 17.7 Å². The number of nitrogens with one attached hydrogen (secondary N) is 1. The summed E-state index contributed by atoms with van der Waals surface area (Å²) in [4.78, 5) is 19.2. The lowest BCUT2D eigenvalue weighted by molar-refractivity contribution is -0.117. The fourth-order valence-electron chi connectivity index (χ4n) is 3.64. The number of ether oxygens (including phenoxy) is 1. The van der Waals surface area contributed by atoms with Crippen LogP contribution in [0.5, 0.6) is 5.75 Å². The fraction of sp³-hybridized carbons (Fsp3) is 0.400. The van der Waals surface area contributed by atoms with Crippen LogP contribution in [0.4, 0.5) is 11.5 Å². The van der Waals surface area contributed by atoms with E-state index >= 15 is 0 Å². The summed E-state index contributed by atoms with van der Waals surface area (Å²) in [5.41, 5.74) is 2.25. The first-order valence-electron chi connectivity index (χ1n) is 8.91. The first kappa shape index (κ1) is 15.9. The zero-order chi connectivity index (χ0) is 17.2. The number of pyridine rings is 1. The number of benzene rings is 1. The Morgan fingerprint density at radius 3 is 2.72 bits per heavy atom. The summed E-state index contributed by atoms with van der Waals surface area (Å²) in [6.07, 6.45) is 5.19. The van der Waals surface area contributed by atoms with Gasteiger partial charge in [-0.3, -0.25) is 4.79 Å². The summed E-state index contributed by atoms with van der Waals surface area (Å²) in [5, 5.41) is 2.95. The van der Waals surface area contributed by atoms with E-state index in [1.165, 1.54) is 12.8 Å². The van der Waals surface area contributed by atoms with E-state index in [1.54, 1.807) is 7.11 Å². The Hall–Kier alpha value is -2.56. The summed E-state index contributed by atoms with van der Waals surface area (Å²) < 4.78 is 5.41. The number of amides is 1. The minimum atomic E-state index is -0.00337. The quantitative estimate of drug-likeness (QED) is 0.908. The van der Waals surface area contributed by atoms with Gasteiger partial charge >= 0.3 is 0 Å². The third kappa shape index (κ3) is 3.31. The zero-order valence-corrected chi connectivity index (χ0v) is 14.4. The van der Waals surface area contributed by atoms with Crippen molar-refractivity contribution in [2.24, 2.45) is 5.92 Å². The second-order valence-corrected chi connectivity index (χ2v) is 6.78. The van der Waals surface area contributed by atoms with Gasteiger partial charge in [0.2, 0.25) is 5.91 Å². The maximum Gasteiger partial charge on any atom is 0.229 e. The lowest BCUT2D eigenvalue weighted by Gasteiger charge is -2.17. The van der Waals surface area contributed by atoms with Crippen molar-refractivity contribution in [2.45, 2.75) is 25.2 Å². The largest absolute Gasteiger partial charge is 0.496 e. The highest BCUT2D eigenvalue weighted by Gasteiger charge is 2.45. The van der Waals surface area contributed by atoms with Crippen LogP contribution in [0.25, 0.3) is 0 Å². The van der Waals surface area contributed by atoms with Crippen molar-refractivity contribution >= 4 is 17.4 Å². The number of rotatable bonds is 5. The molecule has 1 saturated carbocycles. The number of carbonyl (C=O) groups is 1. The first-order chi connectivity index (χ1) is 12.3. The van der Waals surface area contributed by atoms with Crippen molar-refractivity contribution in [3.05, 3.63) is 48.2 Å². The zero-order valence-electron chi connectivity index (χ0n) is 14.4. The van der Waals surface area contributed by atoms with Crippen molar-refractivity contribution in [3.63, 3.8) is 0 Å². The normalized spacial score (nSPS) is 21.9. The minimum Gasteiger partial charge on any atom is -0.496 e. The predicted octanol–water partition coefficient (Wildman–Crippen LogP) is 3.43. The Morgan fingerprint density at radius 1 is 1.20 bits per heavy atom. The smallest absolute Gasteiger partial charge is 0.229 e. The Bertz CT molecular complexity index is 754. The molecule has 1 amide bonds. The van der Waals surface area contributed by atoms with Crippen LogP contribution < -0.4 is 15.0 Å². The summed E-state index contributed by atoms with van der Waals surface area (Å²) >= 11 is 0. The molecule has 1 aromatic heterocycles. The van der Waals surface area contributed by atoms with Gasteiger partial charge in [-0.15, -0.1) is 0 Å². The van der Waals surface area contributed by atoms with Gasteiger partial charge in [-0.25, -0.2) is 4.98 Å². The third-order valence-electron chi connectivity index (χ3n) is 5.14. The topological polar surface area (TPSA) is 54.5 Å². The molecule has 25 heavy (non-hydrogen) atoms. The molecule has 0 unspecified atom stereocenters. The van der Waals surface area contributed by atoms with E-state index in [2.05, 4.69) is 15.2 Å². The molecule has 0 spiro atoms. The van der Waals surface area contributed by atoms with Crippen LogP contribution in [0, 0.1) is 5.92 Å². The number of carbonyl (C=O) groups excluding carboxylic acids is 1. The standard InChI is InChI=1S/C20H23N3O2/c1-25-18-7-3-2-6-15(18)16-12-17(16)20(24)22-19-9-8-14(13-21-19)23-10-4-5-11-23/h2-3,6-9,13,16-17H,4-5,10-12H2,1H3,(H,21,22,24)/t16-,17-/m1/s1. The predicted molar refractivity (Wildman–Crippen MR) is 98.2 cm³/mol. The van der Waals surface area contributed by atoms with Crippen molar-refractivity contribution in [1.29, 1.82) is 0 Å². The van der Waals surface area contributed by atoms with Crippen LogP contribution in [-0.2, 0) is 4.79 Å². The molecule has 1 aliphatic carbocycles. The molecule has 1 saturated heterocycles. The van der Waals surface area contributed by atoms with Gasteiger partial charge in [-0.1, -0.05) is 18.2 Å². The Kier molecular flexibility index (Phi) is 4.30. The number of methoxy groups -OCH3 is 1. The van der Waals surface area contributed by atoms with Crippen molar-refractivity contribution < 1.29 is 9.53 Å². The average Bonchev–Trinajstić information content (AvgIpc) is 3.27. The van der Waals surface area contributed by atoms with Gasteiger partial charge in [0.15, 0.2) is 0 Å². The van der Waals surface area contributed by atoms with Crippen LogP contribution >= 0.6 is 0 Å². The first-order valence-corrected chi connectivity index (χ1v) is 8.91. The Balaban J connectivity index is 1.38. The number of anilines is 2. The number of nitrogens with zero attached hydrogens (tertiary/aromatic N) is 2. The molecule has 1 aromatic carbocycles. The molecular formula is C20H23N3O2. The SMILES string of the molecule is COc1ccccc1[C@H]1C[C@H]1C(=O)Nc1ccc(N2CCCC2)cn1. The van der Waals surface area contributed by atoms with Gasteiger partial charge in [0.25, 0.3) is 0 Å². The van der Waals surface area contributed by atoms with Gasteiger partial charge in [0.1, 0.15) is 11.6 Å². The molecule has 2 aromatic rings. The number of hydrogen-bond acceptors (Lipinski definition) is 4. The highest BCUT2D eigenvalue weighted by atomic mass is 16.5. The van der Waals surface area contributed by atoms with Gasteiger partial charge in [0, 0.05) is 19.0 Å². The van der Waals surface area contributed by atoms with E-state index in [9.17, 15) is 4.79 Å². The molecule has 2 heterocycles. The van der Waals surface area contributed by atoms with E-state index in [1.807, 2.05) is 42.6 Å². The van der Waals surface area contributed by atoms with Gasteiger partial charge < -0.3 is 15.0 Å². The van der Waals surface area contributed by atoms with Crippen LogP contribution in [0.1, 0.15) is 30.7 Å². The summed E-state index contributed by atoms with van der Waals surface area (Å²) in [6.45, 7) is 2.19. The van der Waals surface area contributed by atoms with Crippen LogP contribution in [0.3, 0.4) is 0 Å². The maximum atomic E-state index is 12.5. The van der Waals surface area contributed by atoms with Crippen LogP contribution in [-0.4, -0.2) is 31.1 Å². The molecule has 1 N–H and O–H groups in total. The average molecular weight is 337 g/mol. The van der Waals surface area contributed by atoms with Crippen molar-refractivity contribution in [1.82, 2.24) is 4.98 Å². The molecular weight excluding hydrogens is 314 g/mol. The van der Waals surface area contributed by atoms with E-state index in [0.29, 0.717) is 5.82 Å². The lowest BCUT2D eigenvalue weighted by Crippen LogP contribution is -2.18. The maximum absolute atomic E-state index is 12.5. The number of para-hydroxylation sites is 1.